The van der Waals surface area contributed by atoms with Crippen molar-refractivity contribution in [1.29, 1.82) is 0 Å². The first-order chi connectivity index (χ1) is 10.8. The Morgan fingerprint density at radius 2 is 1.26 bits per heavy atom. The normalized spacial score (nSPS) is 18.8. The van der Waals surface area contributed by atoms with Crippen LogP contribution in [0.2, 0.25) is 0 Å². The molecular formula is C22H27N. The minimum atomic E-state index is 0.260. The molecule has 23 heavy (non-hydrogen) atoms. The molecule has 1 nitrogen and oxygen atoms in total. The lowest BCUT2D eigenvalue weighted by molar-refractivity contribution is 0.332. The highest BCUT2D eigenvalue weighted by molar-refractivity contribution is 5.71. The third-order valence-corrected chi connectivity index (χ3v) is 5.28. The number of hydrogen-bond acceptors (Lipinski definition) is 1. The summed E-state index contributed by atoms with van der Waals surface area (Å²) in [5.74, 6) is 0. The monoisotopic (exact) mass is 305 g/mol. The molecule has 0 saturated carbocycles. The van der Waals surface area contributed by atoms with Gasteiger partial charge in [-0.05, 0) is 58.1 Å². The quantitative estimate of drug-likeness (QED) is 0.551. The lowest BCUT2D eigenvalue weighted by Gasteiger charge is -2.42. The molecule has 120 valence electrons. The van der Waals surface area contributed by atoms with Crippen LogP contribution in [-0.4, -0.2) is 0 Å². The van der Waals surface area contributed by atoms with Crippen LogP contribution in [-0.2, 0) is 10.8 Å². The van der Waals surface area contributed by atoms with Crippen LogP contribution in [0.25, 0.3) is 12.2 Å². The van der Waals surface area contributed by atoms with Gasteiger partial charge in [-0.15, -0.1) is 0 Å². The van der Waals surface area contributed by atoms with Gasteiger partial charge in [0.2, 0.25) is 0 Å². The highest BCUT2D eigenvalue weighted by atomic mass is 14.5. The maximum atomic E-state index is 5.74. The van der Waals surface area contributed by atoms with Gasteiger partial charge in [0.15, 0.2) is 0 Å². The molecule has 1 heteroatoms. The molecule has 0 aliphatic heterocycles. The summed E-state index contributed by atoms with van der Waals surface area (Å²) in [7, 11) is 0. The molecule has 0 fully saturated rings. The molecule has 3 rings (SSSR count). The van der Waals surface area contributed by atoms with E-state index in [1.165, 1.54) is 35.1 Å². The number of rotatable bonds is 2. The number of hydrogen-bond donors (Lipinski definition) is 1. The summed E-state index contributed by atoms with van der Waals surface area (Å²) in [6.07, 6.45) is 6.86. The second-order valence-electron chi connectivity index (χ2n) is 8.07. The fraction of sp³-hybridized carbons (Fsp3) is 0.364. The van der Waals surface area contributed by atoms with Gasteiger partial charge in [-0.1, -0.05) is 70.2 Å². The van der Waals surface area contributed by atoms with Gasteiger partial charge in [0.1, 0.15) is 0 Å². The van der Waals surface area contributed by atoms with Crippen LogP contribution in [0.4, 0.5) is 5.69 Å². The van der Waals surface area contributed by atoms with Gasteiger partial charge in [-0.3, -0.25) is 0 Å². The van der Waals surface area contributed by atoms with Gasteiger partial charge in [-0.25, -0.2) is 0 Å². The molecule has 0 atom stereocenters. The van der Waals surface area contributed by atoms with Gasteiger partial charge in [0.25, 0.3) is 0 Å². The predicted molar refractivity (Wildman–Crippen MR) is 102 cm³/mol. The van der Waals surface area contributed by atoms with E-state index in [4.69, 9.17) is 5.73 Å². The standard InChI is InChI=1S/C22H27N/c1-21(2)13-14-22(3,4)20-15-17(9-12-19(20)21)6-5-16-7-10-18(23)11-8-16/h5-12,15H,13-14,23H2,1-4H3/b6-5-. The highest BCUT2D eigenvalue weighted by Gasteiger charge is 2.36. The zero-order valence-electron chi connectivity index (χ0n) is 14.7. The van der Waals surface area contributed by atoms with Crippen LogP contribution in [0.15, 0.2) is 42.5 Å². The molecule has 0 spiro atoms. The van der Waals surface area contributed by atoms with E-state index in [-0.39, 0.29) is 10.8 Å². The molecule has 2 N–H and O–H groups in total. The zero-order valence-corrected chi connectivity index (χ0v) is 14.7. The molecule has 2 aromatic rings. The average Bonchev–Trinajstić information content (AvgIpc) is 2.51. The summed E-state index contributed by atoms with van der Waals surface area (Å²) in [6, 6.07) is 14.9. The van der Waals surface area contributed by atoms with E-state index in [1.807, 2.05) is 12.1 Å². The fourth-order valence-corrected chi connectivity index (χ4v) is 3.51. The Morgan fingerprint density at radius 3 is 1.91 bits per heavy atom. The van der Waals surface area contributed by atoms with Gasteiger partial charge < -0.3 is 5.73 Å². The summed E-state index contributed by atoms with van der Waals surface area (Å²) in [4.78, 5) is 0. The first-order valence-electron chi connectivity index (χ1n) is 8.47. The maximum absolute atomic E-state index is 5.74. The zero-order chi connectivity index (χ0) is 16.7. The van der Waals surface area contributed by atoms with Crippen molar-refractivity contribution in [2.45, 2.75) is 51.4 Å². The van der Waals surface area contributed by atoms with Crippen LogP contribution in [0, 0.1) is 0 Å². The van der Waals surface area contributed by atoms with Crippen molar-refractivity contribution < 1.29 is 0 Å². The van der Waals surface area contributed by atoms with E-state index < -0.39 is 0 Å². The van der Waals surface area contributed by atoms with Gasteiger partial charge in [0, 0.05) is 5.69 Å². The Kier molecular flexibility index (Phi) is 3.83. The minimum Gasteiger partial charge on any atom is -0.399 e. The molecule has 0 heterocycles. The summed E-state index contributed by atoms with van der Waals surface area (Å²) < 4.78 is 0. The number of nitrogens with two attached hydrogens (primary N) is 1. The second-order valence-corrected chi connectivity index (χ2v) is 8.07. The van der Waals surface area contributed by atoms with E-state index in [2.05, 4.69) is 70.2 Å². The Morgan fingerprint density at radius 1 is 0.739 bits per heavy atom. The van der Waals surface area contributed by atoms with Crippen LogP contribution < -0.4 is 5.73 Å². The van der Waals surface area contributed by atoms with Crippen molar-refractivity contribution in [2.75, 3.05) is 5.73 Å². The Bertz CT molecular complexity index is 733. The van der Waals surface area contributed by atoms with E-state index in [0.717, 1.165) is 5.69 Å². The number of anilines is 1. The van der Waals surface area contributed by atoms with E-state index in [1.54, 1.807) is 0 Å². The lowest BCUT2D eigenvalue weighted by atomic mass is 9.63. The van der Waals surface area contributed by atoms with Gasteiger partial charge in [0.05, 0.1) is 0 Å². The first kappa shape index (κ1) is 15.9. The topological polar surface area (TPSA) is 26.0 Å². The van der Waals surface area contributed by atoms with Crippen molar-refractivity contribution in [1.82, 2.24) is 0 Å². The number of fused-ring (bicyclic) bond motifs is 1. The molecule has 1 aliphatic rings. The van der Waals surface area contributed by atoms with E-state index in [9.17, 15) is 0 Å². The van der Waals surface area contributed by atoms with E-state index in [0.29, 0.717) is 0 Å². The Labute approximate surface area is 140 Å². The second kappa shape index (κ2) is 5.56. The SMILES string of the molecule is CC1(C)CCC(C)(C)c2cc(/C=C\c3ccc(N)cc3)ccc21. The smallest absolute Gasteiger partial charge is 0.0314 e. The minimum absolute atomic E-state index is 0.260. The van der Waals surface area contributed by atoms with Crippen LogP contribution >= 0.6 is 0 Å². The third kappa shape index (κ3) is 3.19. The Balaban J connectivity index is 1.95. The lowest BCUT2D eigenvalue weighted by Crippen LogP contribution is -2.33. The van der Waals surface area contributed by atoms with Gasteiger partial charge in [-0.2, -0.15) is 0 Å². The summed E-state index contributed by atoms with van der Waals surface area (Å²) >= 11 is 0. The summed E-state index contributed by atoms with van der Waals surface area (Å²) in [5.41, 5.74) is 12.6. The van der Waals surface area contributed by atoms with Crippen molar-refractivity contribution in [2.24, 2.45) is 0 Å². The summed E-state index contributed by atoms with van der Waals surface area (Å²) in [5, 5.41) is 0. The number of nitrogen functional groups attached to an aromatic ring is 1. The molecule has 0 saturated heterocycles. The molecule has 0 bridgehead atoms. The van der Waals surface area contributed by atoms with Crippen molar-refractivity contribution in [3.8, 4) is 0 Å². The molecule has 0 amide bonds. The predicted octanol–water partition coefficient (Wildman–Crippen LogP) is 5.79. The van der Waals surface area contributed by atoms with Crippen LogP contribution in [0.3, 0.4) is 0 Å². The number of benzene rings is 2. The fourth-order valence-electron chi connectivity index (χ4n) is 3.51. The third-order valence-electron chi connectivity index (χ3n) is 5.28. The summed E-state index contributed by atoms with van der Waals surface area (Å²) in [6.45, 7) is 9.47. The molecule has 0 aromatic heterocycles. The van der Waals surface area contributed by atoms with Crippen molar-refractivity contribution in [3.63, 3.8) is 0 Å². The molecule has 1 aliphatic carbocycles. The molecular weight excluding hydrogens is 278 g/mol. The van der Waals surface area contributed by atoms with Crippen LogP contribution in [0.1, 0.15) is 62.8 Å². The molecule has 0 unspecified atom stereocenters. The maximum Gasteiger partial charge on any atom is 0.0314 e. The average molecular weight is 305 g/mol. The molecule has 2 aromatic carbocycles. The van der Waals surface area contributed by atoms with Crippen molar-refractivity contribution in [3.05, 3.63) is 64.7 Å². The largest absolute Gasteiger partial charge is 0.399 e. The first-order valence-corrected chi connectivity index (χ1v) is 8.47. The van der Waals surface area contributed by atoms with Gasteiger partial charge >= 0.3 is 0 Å². The highest BCUT2D eigenvalue weighted by Crippen LogP contribution is 2.45. The van der Waals surface area contributed by atoms with E-state index >= 15 is 0 Å². The van der Waals surface area contributed by atoms with Crippen LogP contribution in [0.5, 0.6) is 0 Å². The van der Waals surface area contributed by atoms with Crippen molar-refractivity contribution >= 4 is 17.8 Å². The molecule has 0 radical (unpaired) electrons. The Hall–Kier alpha value is -2.02.